The lowest BCUT2D eigenvalue weighted by Gasteiger charge is -2.35. The van der Waals surface area contributed by atoms with Crippen molar-refractivity contribution in [1.29, 1.82) is 0 Å². The van der Waals surface area contributed by atoms with Gasteiger partial charge in [0.25, 0.3) is 5.56 Å². The predicted octanol–water partition coefficient (Wildman–Crippen LogP) is -0.0142. The Morgan fingerprint density at radius 1 is 1.20 bits per heavy atom. The van der Waals surface area contributed by atoms with Crippen molar-refractivity contribution in [2.75, 3.05) is 13.1 Å². The molecule has 2 bridgehead atoms. The van der Waals surface area contributed by atoms with Crippen LogP contribution in [0.15, 0.2) is 35.6 Å². The van der Waals surface area contributed by atoms with E-state index in [9.17, 15) is 4.79 Å². The average molecular weight is 269 g/mol. The Labute approximate surface area is 116 Å². The van der Waals surface area contributed by atoms with Crippen molar-refractivity contribution >= 4 is 0 Å². The van der Waals surface area contributed by atoms with Gasteiger partial charge in [-0.15, -0.1) is 0 Å². The first-order chi connectivity index (χ1) is 9.83. The number of rotatable bonds is 1. The van der Waals surface area contributed by atoms with Gasteiger partial charge in [-0.1, -0.05) is 0 Å². The number of fused-ring (bicyclic) bond motifs is 4. The van der Waals surface area contributed by atoms with E-state index in [-0.39, 0.29) is 5.56 Å². The van der Waals surface area contributed by atoms with E-state index in [4.69, 9.17) is 0 Å². The molecule has 5 nitrogen and oxygen atoms in total. The molecule has 4 rings (SSSR count). The zero-order valence-electron chi connectivity index (χ0n) is 11.2. The fourth-order valence-corrected chi connectivity index (χ4v) is 3.57. The minimum Gasteiger partial charge on any atom is -0.345 e. The predicted molar refractivity (Wildman–Crippen MR) is 74.2 cm³/mol. The van der Waals surface area contributed by atoms with Gasteiger partial charge in [-0.3, -0.25) is 4.79 Å². The Kier molecular flexibility index (Phi) is 2.67. The van der Waals surface area contributed by atoms with Crippen molar-refractivity contribution in [2.45, 2.75) is 18.9 Å². The van der Waals surface area contributed by atoms with Crippen LogP contribution < -0.4 is 10.9 Å². The summed E-state index contributed by atoms with van der Waals surface area (Å²) in [6.07, 6.45) is 6.12. The van der Waals surface area contributed by atoms with Crippen LogP contribution in [0.3, 0.4) is 0 Å². The van der Waals surface area contributed by atoms with Crippen molar-refractivity contribution < 1.29 is 5.32 Å². The molecule has 0 radical (unpaired) electrons. The van der Waals surface area contributed by atoms with Crippen LogP contribution in [0.25, 0.3) is 11.1 Å². The third-order valence-corrected chi connectivity index (χ3v) is 4.51. The van der Waals surface area contributed by atoms with Crippen molar-refractivity contribution in [2.24, 2.45) is 5.92 Å². The van der Waals surface area contributed by atoms with Crippen molar-refractivity contribution in [3.8, 4) is 11.1 Å². The van der Waals surface area contributed by atoms with E-state index < -0.39 is 0 Å². The van der Waals surface area contributed by atoms with E-state index in [2.05, 4.69) is 21.4 Å². The first-order valence-corrected chi connectivity index (χ1v) is 7.13. The second-order valence-electron chi connectivity index (χ2n) is 5.77. The van der Waals surface area contributed by atoms with Crippen molar-refractivity contribution in [3.05, 3.63) is 46.9 Å². The average Bonchev–Trinajstić information content (AvgIpc) is 2.50. The summed E-state index contributed by atoms with van der Waals surface area (Å²) in [5.41, 5.74) is 2.81. The zero-order valence-corrected chi connectivity index (χ0v) is 11.2. The fraction of sp³-hybridized carbons (Fsp3) is 0.400. The standard InChI is InChI=1S/C15H16N4O/c20-15-13(12-6-17-9-18-7-12)1-2-14-11-3-10(4-16-5-11)8-19(14)15/h1-2,6-7,9-11,16H,3-5,8H2/p+1/t10-,11+/m0/s1. The molecule has 1 fully saturated rings. The third-order valence-electron chi connectivity index (χ3n) is 4.51. The lowest BCUT2D eigenvalue weighted by Crippen LogP contribution is -2.89. The summed E-state index contributed by atoms with van der Waals surface area (Å²) < 4.78 is 1.98. The van der Waals surface area contributed by atoms with E-state index >= 15 is 0 Å². The van der Waals surface area contributed by atoms with Gasteiger partial charge in [0.05, 0.1) is 18.7 Å². The molecule has 102 valence electrons. The summed E-state index contributed by atoms with van der Waals surface area (Å²) in [6, 6.07) is 4.05. The van der Waals surface area contributed by atoms with Gasteiger partial charge in [-0.05, 0) is 18.6 Å². The number of nitrogens with zero attached hydrogens (tertiary/aromatic N) is 3. The smallest absolute Gasteiger partial charge is 0.258 e. The second-order valence-corrected chi connectivity index (χ2v) is 5.77. The number of quaternary nitrogens is 1. The maximum atomic E-state index is 12.7. The van der Waals surface area contributed by atoms with Gasteiger partial charge >= 0.3 is 0 Å². The monoisotopic (exact) mass is 269 g/mol. The molecule has 0 aromatic carbocycles. The molecule has 0 spiro atoms. The molecule has 0 aliphatic carbocycles. The molecule has 2 aliphatic heterocycles. The lowest BCUT2D eigenvalue weighted by atomic mass is 9.84. The largest absolute Gasteiger partial charge is 0.345 e. The summed E-state index contributed by atoms with van der Waals surface area (Å²) >= 11 is 0. The first-order valence-electron chi connectivity index (χ1n) is 7.13. The minimum atomic E-state index is 0.105. The maximum Gasteiger partial charge on any atom is 0.258 e. The Hall–Kier alpha value is -2.01. The Balaban J connectivity index is 1.86. The highest BCUT2D eigenvalue weighted by molar-refractivity contribution is 5.60. The Morgan fingerprint density at radius 2 is 2.05 bits per heavy atom. The van der Waals surface area contributed by atoms with E-state index in [1.54, 1.807) is 12.4 Å². The van der Waals surface area contributed by atoms with E-state index in [0.717, 1.165) is 25.2 Å². The highest BCUT2D eigenvalue weighted by Crippen LogP contribution is 2.30. The number of piperidine rings is 1. The van der Waals surface area contributed by atoms with E-state index in [1.165, 1.54) is 18.4 Å². The van der Waals surface area contributed by atoms with E-state index in [0.29, 0.717) is 17.4 Å². The van der Waals surface area contributed by atoms with Gasteiger partial charge in [0.1, 0.15) is 6.33 Å². The molecule has 2 aromatic heterocycles. The van der Waals surface area contributed by atoms with Crippen LogP contribution in [0.1, 0.15) is 18.0 Å². The van der Waals surface area contributed by atoms with Gasteiger partial charge in [0.15, 0.2) is 0 Å². The van der Waals surface area contributed by atoms with Gasteiger partial charge < -0.3 is 9.88 Å². The topological polar surface area (TPSA) is 64.4 Å². The zero-order chi connectivity index (χ0) is 13.5. The molecule has 2 N–H and O–H groups in total. The molecule has 2 atom stereocenters. The highest BCUT2D eigenvalue weighted by atomic mass is 16.1. The molecular formula is C15H17N4O+. The third kappa shape index (κ3) is 1.78. The minimum absolute atomic E-state index is 0.105. The molecule has 5 heteroatoms. The molecule has 0 saturated carbocycles. The summed E-state index contributed by atoms with van der Waals surface area (Å²) in [7, 11) is 0. The van der Waals surface area contributed by atoms with Gasteiger partial charge in [-0.2, -0.15) is 0 Å². The van der Waals surface area contributed by atoms with Crippen LogP contribution in [-0.2, 0) is 6.54 Å². The number of aromatic nitrogens is 3. The maximum absolute atomic E-state index is 12.7. The van der Waals surface area contributed by atoms with E-state index in [1.807, 2.05) is 10.6 Å². The number of hydrogen-bond acceptors (Lipinski definition) is 3. The van der Waals surface area contributed by atoms with Crippen LogP contribution in [0.5, 0.6) is 0 Å². The van der Waals surface area contributed by atoms with Gasteiger partial charge in [0, 0.05) is 42.0 Å². The Morgan fingerprint density at radius 3 is 2.90 bits per heavy atom. The van der Waals surface area contributed by atoms with Crippen LogP contribution in [-0.4, -0.2) is 27.6 Å². The van der Waals surface area contributed by atoms with Crippen LogP contribution >= 0.6 is 0 Å². The quantitative estimate of drug-likeness (QED) is 0.791. The molecule has 1 saturated heterocycles. The van der Waals surface area contributed by atoms with Gasteiger partial charge in [0.2, 0.25) is 0 Å². The normalized spacial score (nSPS) is 24.2. The molecular weight excluding hydrogens is 252 g/mol. The summed E-state index contributed by atoms with van der Waals surface area (Å²) in [5.74, 6) is 1.15. The highest BCUT2D eigenvalue weighted by Gasteiger charge is 2.33. The lowest BCUT2D eigenvalue weighted by molar-refractivity contribution is -0.673. The molecule has 2 aromatic rings. The molecule has 0 amide bonds. The number of hydrogen-bond donors (Lipinski definition) is 1. The molecule has 2 aliphatic rings. The van der Waals surface area contributed by atoms with Crippen molar-refractivity contribution in [3.63, 3.8) is 0 Å². The SMILES string of the molecule is O=c1c(-c2cncnc2)ccc2n1C[C@@H]1C[NH2+]C[C@H]2C1. The first kappa shape index (κ1) is 11.8. The van der Waals surface area contributed by atoms with Crippen LogP contribution in [0.4, 0.5) is 0 Å². The van der Waals surface area contributed by atoms with Crippen LogP contribution in [0, 0.1) is 5.92 Å². The number of pyridine rings is 1. The molecule has 0 unspecified atom stereocenters. The fourth-order valence-electron chi connectivity index (χ4n) is 3.57. The number of nitrogens with two attached hydrogens (primary N) is 1. The molecule has 4 heterocycles. The summed E-state index contributed by atoms with van der Waals surface area (Å²) in [4.78, 5) is 20.8. The van der Waals surface area contributed by atoms with Gasteiger partial charge in [-0.25, -0.2) is 9.97 Å². The second kappa shape index (κ2) is 4.52. The summed E-state index contributed by atoms with van der Waals surface area (Å²) in [5, 5.41) is 2.38. The Bertz CT molecular complexity index is 695. The summed E-state index contributed by atoms with van der Waals surface area (Å²) in [6.45, 7) is 3.09. The van der Waals surface area contributed by atoms with Crippen molar-refractivity contribution in [1.82, 2.24) is 14.5 Å². The molecule has 20 heavy (non-hydrogen) atoms. The van der Waals surface area contributed by atoms with Crippen LogP contribution in [0.2, 0.25) is 0 Å².